The molecule has 6 rings (SSSR count). The first-order valence-electron chi connectivity index (χ1n) is 13.1. The number of nitrogens with one attached hydrogen (secondary N) is 2. The van der Waals surface area contributed by atoms with Crippen LogP contribution in [0.3, 0.4) is 0 Å². The summed E-state index contributed by atoms with van der Waals surface area (Å²) in [6, 6.07) is 22.0. The third-order valence-corrected chi connectivity index (χ3v) is 7.53. The van der Waals surface area contributed by atoms with Gasteiger partial charge in [0.15, 0.2) is 5.82 Å². The van der Waals surface area contributed by atoms with Gasteiger partial charge in [0.2, 0.25) is 0 Å². The molecule has 1 atom stereocenters. The summed E-state index contributed by atoms with van der Waals surface area (Å²) in [5, 5.41) is 15.8. The number of thioether (sulfide) groups is 1. The average molecular weight is 568 g/mol. The quantitative estimate of drug-likeness (QED) is 0.152. The van der Waals surface area contributed by atoms with Crippen LogP contribution in [0.1, 0.15) is 12.2 Å². The van der Waals surface area contributed by atoms with Crippen LogP contribution in [0.15, 0.2) is 79.0 Å². The molecule has 3 aromatic carbocycles. The van der Waals surface area contributed by atoms with Crippen LogP contribution in [0, 0.1) is 6.92 Å². The van der Waals surface area contributed by atoms with Crippen molar-refractivity contribution in [3.8, 4) is 17.2 Å². The molecule has 0 aliphatic carbocycles. The number of carboxylic acid groups (broad SMARTS) is 1. The Bertz CT molecular complexity index is 1840. The Kier molecular flexibility index (Phi) is 7.02. The monoisotopic (exact) mass is 567 g/mol. The van der Waals surface area contributed by atoms with Gasteiger partial charge in [-0.25, -0.2) is 14.5 Å². The Hall–Kier alpha value is -4.90. The number of hydrogen-bond donors (Lipinski definition) is 4. The number of carboxylic acids is 1. The lowest BCUT2D eigenvalue weighted by Crippen LogP contribution is -2.39. The minimum absolute atomic E-state index is 0.322. The van der Waals surface area contributed by atoms with Crippen LogP contribution in [0.25, 0.3) is 27.6 Å². The number of anilines is 3. The molecule has 0 unspecified atom stereocenters. The molecule has 5 N–H and O–H groups in total. The summed E-state index contributed by atoms with van der Waals surface area (Å²) in [5.41, 5.74) is 10.5. The molecule has 208 valence electrons. The van der Waals surface area contributed by atoms with Gasteiger partial charge in [0.25, 0.3) is 0 Å². The lowest BCUT2D eigenvalue weighted by Gasteiger charge is -2.29. The molecule has 10 nitrogen and oxygen atoms in total. The maximum absolute atomic E-state index is 12.6. The average Bonchev–Trinajstić information content (AvgIpc) is 3.66. The lowest BCUT2D eigenvalue weighted by atomic mass is 10.1. The van der Waals surface area contributed by atoms with E-state index in [0.29, 0.717) is 35.2 Å². The van der Waals surface area contributed by atoms with Crippen molar-refractivity contribution in [2.45, 2.75) is 19.4 Å². The third-order valence-electron chi connectivity index (χ3n) is 6.88. The first-order chi connectivity index (χ1) is 19.9. The topological polar surface area (TPSA) is 138 Å². The van der Waals surface area contributed by atoms with E-state index in [4.69, 9.17) is 10.5 Å². The lowest BCUT2D eigenvalue weighted by molar-refractivity contribution is -0.138. The first kappa shape index (κ1) is 26.3. The molecular formula is C30H29N7O3S. The maximum atomic E-state index is 12.6. The zero-order valence-corrected chi connectivity index (χ0v) is 23.4. The van der Waals surface area contributed by atoms with Crippen LogP contribution in [0.2, 0.25) is 0 Å². The number of nitrogen functional groups attached to an aromatic ring is 1. The van der Waals surface area contributed by atoms with Crippen LogP contribution >= 0.6 is 11.8 Å². The molecule has 6 aromatic rings. The van der Waals surface area contributed by atoms with Crippen molar-refractivity contribution >= 4 is 57.0 Å². The van der Waals surface area contributed by atoms with E-state index in [-0.39, 0.29) is 0 Å². The van der Waals surface area contributed by atoms with Gasteiger partial charge in [-0.05, 0) is 80.0 Å². The number of aromatic amines is 2. The van der Waals surface area contributed by atoms with E-state index < -0.39 is 12.0 Å². The van der Waals surface area contributed by atoms with Crippen molar-refractivity contribution in [3.05, 3.63) is 84.8 Å². The van der Waals surface area contributed by atoms with Gasteiger partial charge in [-0.1, -0.05) is 18.2 Å². The van der Waals surface area contributed by atoms with Gasteiger partial charge in [0.1, 0.15) is 34.9 Å². The Morgan fingerprint density at radius 3 is 2.68 bits per heavy atom. The number of H-pyrrole nitrogens is 2. The molecule has 0 radical (unpaired) electrons. The number of ether oxygens (including phenoxy) is 1. The Balaban J connectivity index is 1.42. The number of fused-ring (bicyclic) bond motifs is 2. The number of rotatable bonds is 10. The Labute approximate surface area is 240 Å². The van der Waals surface area contributed by atoms with E-state index in [1.165, 1.54) is 0 Å². The standard InChI is InChI=1S/C30H29N7O3S/c1-18-33-24-10-8-20(16-25(24)34-18)37-29(31)27(17-32-37)36(26(30(38)39)12-13-41-2)28-15-19-14-22(9-11-23(19)35-28)40-21-6-4-3-5-7-21/h3-11,14-17,26,35H,12-13,31H2,1-2H3,(H,33,34)(H,38,39)/t26-/m0/s1. The van der Waals surface area contributed by atoms with E-state index >= 15 is 0 Å². The summed E-state index contributed by atoms with van der Waals surface area (Å²) >= 11 is 1.59. The highest BCUT2D eigenvalue weighted by atomic mass is 32.2. The minimum Gasteiger partial charge on any atom is -0.480 e. The number of aliphatic carboxylic acids is 1. The zero-order chi connectivity index (χ0) is 28.5. The normalized spacial score (nSPS) is 12.1. The number of imidazole rings is 1. The molecular weight excluding hydrogens is 538 g/mol. The molecule has 3 aromatic heterocycles. The van der Waals surface area contributed by atoms with Crippen LogP contribution < -0.4 is 15.4 Å². The van der Waals surface area contributed by atoms with Crippen LogP contribution in [-0.2, 0) is 4.79 Å². The van der Waals surface area contributed by atoms with E-state index in [1.807, 2.05) is 86.0 Å². The summed E-state index contributed by atoms with van der Waals surface area (Å²) in [6.45, 7) is 1.90. The Morgan fingerprint density at radius 2 is 1.90 bits per heavy atom. The summed E-state index contributed by atoms with van der Waals surface area (Å²) in [6.07, 6.45) is 3.97. The van der Waals surface area contributed by atoms with Gasteiger partial charge >= 0.3 is 5.97 Å². The second-order valence-electron chi connectivity index (χ2n) is 9.67. The second kappa shape index (κ2) is 10.9. The number of nitrogens with two attached hydrogens (primary N) is 1. The van der Waals surface area contributed by atoms with Gasteiger partial charge in [0, 0.05) is 10.9 Å². The van der Waals surface area contributed by atoms with Crippen molar-refractivity contribution in [2.75, 3.05) is 22.6 Å². The van der Waals surface area contributed by atoms with Gasteiger partial charge in [-0.2, -0.15) is 16.9 Å². The predicted octanol–water partition coefficient (Wildman–Crippen LogP) is 6.26. The summed E-state index contributed by atoms with van der Waals surface area (Å²) in [4.78, 5) is 25.5. The summed E-state index contributed by atoms with van der Waals surface area (Å²) in [5.74, 6) is 2.84. The first-order valence-corrected chi connectivity index (χ1v) is 14.5. The fourth-order valence-electron chi connectivity index (χ4n) is 4.97. The molecule has 0 bridgehead atoms. The van der Waals surface area contributed by atoms with E-state index in [0.717, 1.165) is 39.2 Å². The molecule has 0 amide bonds. The maximum Gasteiger partial charge on any atom is 0.326 e. The molecule has 41 heavy (non-hydrogen) atoms. The highest BCUT2D eigenvalue weighted by Gasteiger charge is 2.31. The number of aromatic nitrogens is 5. The number of benzene rings is 3. The number of aryl methyl sites for hydroxylation is 1. The molecule has 0 saturated heterocycles. The van der Waals surface area contributed by atoms with Crippen molar-refractivity contribution in [1.29, 1.82) is 0 Å². The molecule has 0 fully saturated rings. The highest BCUT2D eigenvalue weighted by Crippen LogP contribution is 2.37. The second-order valence-corrected chi connectivity index (χ2v) is 10.7. The van der Waals surface area contributed by atoms with Gasteiger partial charge < -0.3 is 30.4 Å². The van der Waals surface area contributed by atoms with Gasteiger partial charge in [-0.3, -0.25) is 0 Å². The molecule has 3 heterocycles. The number of carbonyl (C=O) groups is 1. The SMILES string of the molecule is CSCC[C@@H](C(=O)O)N(c1cc2cc(Oc3ccccc3)ccc2[nH]1)c1cnn(-c2ccc3nc(C)[nH]c3c2)c1N. The van der Waals surface area contributed by atoms with Crippen molar-refractivity contribution < 1.29 is 14.6 Å². The largest absolute Gasteiger partial charge is 0.480 e. The van der Waals surface area contributed by atoms with Crippen molar-refractivity contribution in [2.24, 2.45) is 0 Å². The van der Waals surface area contributed by atoms with E-state index in [1.54, 1.807) is 27.5 Å². The van der Waals surface area contributed by atoms with Crippen molar-refractivity contribution in [3.63, 3.8) is 0 Å². The third kappa shape index (κ3) is 5.19. The summed E-state index contributed by atoms with van der Waals surface area (Å²) in [7, 11) is 0. The van der Waals surface area contributed by atoms with Gasteiger partial charge in [-0.15, -0.1) is 0 Å². The fraction of sp³-hybridized carbons (Fsp3) is 0.167. The van der Waals surface area contributed by atoms with E-state index in [2.05, 4.69) is 20.1 Å². The number of nitrogens with zero attached hydrogens (tertiary/aromatic N) is 4. The van der Waals surface area contributed by atoms with Crippen LogP contribution in [-0.4, -0.2) is 53.9 Å². The predicted molar refractivity (Wildman–Crippen MR) is 164 cm³/mol. The van der Waals surface area contributed by atoms with Crippen LogP contribution in [0.5, 0.6) is 11.5 Å². The van der Waals surface area contributed by atoms with Crippen LogP contribution in [0.4, 0.5) is 17.3 Å². The molecule has 0 spiro atoms. The number of hydrogen-bond acceptors (Lipinski definition) is 7. The molecule has 11 heteroatoms. The molecule has 0 aliphatic rings. The molecule has 0 aliphatic heterocycles. The minimum atomic E-state index is -0.952. The van der Waals surface area contributed by atoms with Crippen molar-refractivity contribution in [1.82, 2.24) is 24.7 Å². The van der Waals surface area contributed by atoms with Gasteiger partial charge in [0.05, 0.1) is 22.9 Å². The zero-order valence-electron chi connectivity index (χ0n) is 22.5. The number of para-hydroxylation sites is 1. The summed E-state index contributed by atoms with van der Waals surface area (Å²) < 4.78 is 7.63. The molecule has 0 saturated carbocycles. The smallest absolute Gasteiger partial charge is 0.326 e. The fourth-order valence-corrected chi connectivity index (χ4v) is 5.43. The Morgan fingerprint density at radius 1 is 1.07 bits per heavy atom. The van der Waals surface area contributed by atoms with E-state index in [9.17, 15) is 9.90 Å². The highest BCUT2D eigenvalue weighted by molar-refractivity contribution is 7.98.